The number of hydrogen-bond donors (Lipinski definition) is 1. The van der Waals surface area contributed by atoms with Crippen LogP contribution in [0.1, 0.15) is 54.6 Å². The molecule has 0 radical (unpaired) electrons. The predicted octanol–water partition coefficient (Wildman–Crippen LogP) is 4.16. The lowest BCUT2D eigenvalue weighted by molar-refractivity contribution is 0.0683. The molecule has 2 N–H and O–H groups in total. The van der Waals surface area contributed by atoms with Gasteiger partial charge in [0.15, 0.2) is 0 Å². The van der Waals surface area contributed by atoms with Crippen LogP contribution < -0.4 is 5.73 Å². The van der Waals surface area contributed by atoms with E-state index in [0.717, 1.165) is 48.1 Å². The average molecular weight is 396 g/mol. The highest BCUT2D eigenvalue weighted by molar-refractivity contribution is 6.06. The Morgan fingerprint density at radius 2 is 1.81 bits per heavy atom. The van der Waals surface area contributed by atoms with Gasteiger partial charge in [-0.05, 0) is 50.7 Å². The van der Waals surface area contributed by atoms with Crippen LogP contribution in [-0.2, 0) is 0 Å². The molecule has 1 saturated carbocycles. The maximum atomic E-state index is 13.2. The third-order valence-electron chi connectivity index (χ3n) is 5.53. The fourth-order valence-corrected chi connectivity index (χ4v) is 3.76. The van der Waals surface area contributed by atoms with Crippen molar-refractivity contribution in [2.45, 2.75) is 44.6 Å². The molecule has 4 rings (SSSR count). The molecular formula is C20H27Cl2N3O. The highest BCUT2D eigenvalue weighted by atomic mass is 35.5. The Morgan fingerprint density at radius 1 is 1.15 bits per heavy atom. The summed E-state index contributed by atoms with van der Waals surface area (Å²) < 4.78 is 0. The summed E-state index contributed by atoms with van der Waals surface area (Å²) in [5.74, 6) is 1.23. The van der Waals surface area contributed by atoms with Crippen LogP contribution in [0.15, 0.2) is 30.3 Å². The molecule has 1 aliphatic carbocycles. The molecule has 1 aliphatic heterocycles. The van der Waals surface area contributed by atoms with Crippen molar-refractivity contribution in [2.75, 3.05) is 13.1 Å². The van der Waals surface area contributed by atoms with E-state index in [1.54, 1.807) is 0 Å². The molecule has 2 aliphatic rings. The van der Waals surface area contributed by atoms with E-state index in [-0.39, 0.29) is 36.8 Å². The molecule has 2 heterocycles. The van der Waals surface area contributed by atoms with Gasteiger partial charge in [0.25, 0.3) is 5.91 Å². The van der Waals surface area contributed by atoms with E-state index in [0.29, 0.717) is 11.8 Å². The molecule has 142 valence electrons. The summed E-state index contributed by atoms with van der Waals surface area (Å²) >= 11 is 0. The minimum Gasteiger partial charge on any atom is -0.339 e. The number of piperidine rings is 1. The van der Waals surface area contributed by atoms with E-state index >= 15 is 0 Å². The lowest BCUT2D eigenvalue weighted by Crippen LogP contribution is -2.42. The summed E-state index contributed by atoms with van der Waals surface area (Å²) in [7, 11) is 0. The van der Waals surface area contributed by atoms with Crippen LogP contribution in [0.25, 0.3) is 10.9 Å². The zero-order valence-electron chi connectivity index (χ0n) is 15.1. The first-order valence-electron chi connectivity index (χ1n) is 9.08. The molecule has 1 amide bonds. The lowest BCUT2D eigenvalue weighted by atomic mass is 9.90. The summed E-state index contributed by atoms with van der Waals surface area (Å²) in [5.41, 5.74) is 8.87. The van der Waals surface area contributed by atoms with Crippen molar-refractivity contribution < 1.29 is 4.79 Å². The number of amides is 1. The number of fused-ring (bicyclic) bond motifs is 1. The number of rotatable bonds is 3. The third kappa shape index (κ3) is 4.13. The summed E-state index contributed by atoms with van der Waals surface area (Å²) in [6, 6.07) is 10.3. The molecule has 1 aromatic heterocycles. The summed E-state index contributed by atoms with van der Waals surface area (Å²) in [5, 5.41) is 0.973. The van der Waals surface area contributed by atoms with Crippen LogP contribution >= 0.6 is 24.8 Å². The summed E-state index contributed by atoms with van der Waals surface area (Å²) in [6.07, 6.45) is 4.39. The smallest absolute Gasteiger partial charge is 0.254 e. The van der Waals surface area contributed by atoms with Crippen molar-refractivity contribution in [3.63, 3.8) is 0 Å². The Bertz CT molecular complexity index is 769. The van der Waals surface area contributed by atoms with Crippen molar-refractivity contribution in [2.24, 2.45) is 11.7 Å². The first-order valence-corrected chi connectivity index (χ1v) is 9.08. The van der Waals surface area contributed by atoms with E-state index in [1.165, 1.54) is 12.8 Å². The molecule has 1 aromatic carbocycles. The molecule has 26 heavy (non-hydrogen) atoms. The fourth-order valence-electron chi connectivity index (χ4n) is 3.76. The van der Waals surface area contributed by atoms with Crippen LogP contribution in [0.5, 0.6) is 0 Å². The SMILES string of the molecule is CC(N)C1CCN(C(=O)c2cc(C3CC3)nc3ccccc23)CC1.Cl.Cl. The zero-order valence-corrected chi connectivity index (χ0v) is 16.7. The minimum atomic E-state index is 0. The topological polar surface area (TPSA) is 59.2 Å². The molecule has 2 fully saturated rings. The number of hydrogen-bond acceptors (Lipinski definition) is 3. The van der Waals surface area contributed by atoms with Crippen LogP contribution in [0.3, 0.4) is 0 Å². The van der Waals surface area contributed by atoms with E-state index in [2.05, 4.69) is 6.92 Å². The van der Waals surface area contributed by atoms with E-state index < -0.39 is 0 Å². The van der Waals surface area contributed by atoms with Gasteiger partial charge in [0.2, 0.25) is 0 Å². The quantitative estimate of drug-likeness (QED) is 0.848. The number of benzene rings is 1. The largest absolute Gasteiger partial charge is 0.339 e. The predicted molar refractivity (Wildman–Crippen MR) is 110 cm³/mol. The lowest BCUT2D eigenvalue weighted by Gasteiger charge is -2.34. The van der Waals surface area contributed by atoms with Gasteiger partial charge in [-0.15, -0.1) is 24.8 Å². The summed E-state index contributed by atoms with van der Waals surface area (Å²) in [6.45, 7) is 3.68. The maximum absolute atomic E-state index is 13.2. The minimum absolute atomic E-state index is 0. The first-order chi connectivity index (χ1) is 11.6. The number of para-hydroxylation sites is 1. The number of carbonyl (C=O) groups excluding carboxylic acids is 1. The van der Waals surface area contributed by atoms with Gasteiger partial charge >= 0.3 is 0 Å². The molecule has 2 aromatic rings. The third-order valence-corrected chi connectivity index (χ3v) is 5.53. The van der Waals surface area contributed by atoms with Gasteiger partial charge in [-0.3, -0.25) is 9.78 Å². The van der Waals surface area contributed by atoms with Crippen molar-refractivity contribution in [3.05, 3.63) is 41.6 Å². The highest BCUT2D eigenvalue weighted by Gasteiger charge is 2.29. The molecule has 1 atom stereocenters. The Hall–Kier alpha value is -1.36. The molecule has 4 nitrogen and oxygen atoms in total. The van der Waals surface area contributed by atoms with Crippen LogP contribution in [0, 0.1) is 5.92 Å². The summed E-state index contributed by atoms with van der Waals surface area (Å²) in [4.78, 5) is 19.9. The van der Waals surface area contributed by atoms with Gasteiger partial charge in [0.1, 0.15) is 0 Å². The fraction of sp³-hybridized carbons (Fsp3) is 0.500. The Morgan fingerprint density at radius 3 is 2.42 bits per heavy atom. The number of nitrogens with zero attached hydrogens (tertiary/aromatic N) is 2. The highest BCUT2D eigenvalue weighted by Crippen LogP contribution is 2.40. The van der Waals surface area contributed by atoms with Gasteiger partial charge < -0.3 is 10.6 Å². The molecule has 1 saturated heterocycles. The van der Waals surface area contributed by atoms with E-state index in [1.807, 2.05) is 35.2 Å². The van der Waals surface area contributed by atoms with Crippen molar-refractivity contribution in [1.82, 2.24) is 9.88 Å². The average Bonchev–Trinajstić information content (AvgIpc) is 3.45. The number of carbonyl (C=O) groups is 1. The normalized spacial score (nSPS) is 18.8. The van der Waals surface area contributed by atoms with E-state index in [9.17, 15) is 4.79 Å². The second-order valence-electron chi connectivity index (χ2n) is 7.37. The molecule has 1 unspecified atom stereocenters. The Kier molecular flexibility index (Phi) is 6.89. The Labute approximate surface area is 167 Å². The standard InChI is InChI=1S/C20H25N3O.2ClH/c1-13(21)14-8-10-23(11-9-14)20(24)17-12-19(15-6-7-15)22-18-5-3-2-4-16(17)18;;/h2-5,12-15H,6-11,21H2,1H3;2*1H. The number of pyridine rings is 1. The number of nitrogens with two attached hydrogens (primary N) is 1. The van der Waals surface area contributed by atoms with Gasteiger partial charge in [-0.2, -0.15) is 0 Å². The maximum Gasteiger partial charge on any atom is 0.254 e. The molecule has 0 bridgehead atoms. The number of likely N-dealkylation sites (tertiary alicyclic amines) is 1. The van der Waals surface area contributed by atoms with Crippen LogP contribution in [-0.4, -0.2) is 34.9 Å². The Balaban J connectivity index is 0.00000121. The van der Waals surface area contributed by atoms with Gasteiger partial charge in [0.05, 0.1) is 11.1 Å². The molecular weight excluding hydrogens is 369 g/mol. The zero-order chi connectivity index (χ0) is 16.7. The number of halogens is 2. The van der Waals surface area contributed by atoms with Crippen molar-refractivity contribution in [1.29, 1.82) is 0 Å². The first kappa shape index (κ1) is 20.9. The second kappa shape index (κ2) is 8.55. The monoisotopic (exact) mass is 395 g/mol. The van der Waals surface area contributed by atoms with Gasteiger partial charge in [0, 0.05) is 36.1 Å². The van der Waals surface area contributed by atoms with Gasteiger partial charge in [-0.25, -0.2) is 0 Å². The molecule has 6 heteroatoms. The van der Waals surface area contributed by atoms with Gasteiger partial charge in [-0.1, -0.05) is 18.2 Å². The van der Waals surface area contributed by atoms with Crippen LogP contribution in [0.4, 0.5) is 0 Å². The molecule has 0 spiro atoms. The second-order valence-corrected chi connectivity index (χ2v) is 7.37. The number of aromatic nitrogens is 1. The van der Waals surface area contributed by atoms with Crippen LogP contribution in [0.2, 0.25) is 0 Å². The van der Waals surface area contributed by atoms with Crippen molar-refractivity contribution in [3.8, 4) is 0 Å². The van der Waals surface area contributed by atoms with Crippen molar-refractivity contribution >= 4 is 41.6 Å². The van der Waals surface area contributed by atoms with E-state index in [4.69, 9.17) is 10.7 Å².